The van der Waals surface area contributed by atoms with E-state index in [-0.39, 0.29) is 39.7 Å². The van der Waals surface area contributed by atoms with E-state index in [0.29, 0.717) is 5.56 Å². The van der Waals surface area contributed by atoms with Gasteiger partial charge in [-0.2, -0.15) is 0 Å². The van der Waals surface area contributed by atoms with Crippen molar-refractivity contribution in [3.8, 4) is 34.3 Å². The summed E-state index contributed by atoms with van der Waals surface area (Å²) in [5.41, 5.74) is 0.595. The van der Waals surface area contributed by atoms with Crippen molar-refractivity contribution in [2.45, 2.75) is 30.7 Å². The summed E-state index contributed by atoms with van der Waals surface area (Å²) in [5.74, 6) is -0.440. The first kappa shape index (κ1) is 21.1. The van der Waals surface area contributed by atoms with Gasteiger partial charge in [-0.1, -0.05) is 0 Å². The van der Waals surface area contributed by atoms with Crippen LogP contribution in [0.25, 0.3) is 22.3 Å². The number of aliphatic hydroxyl groups excluding tert-OH is 4. The van der Waals surface area contributed by atoms with E-state index < -0.39 is 37.3 Å². The Morgan fingerprint density at radius 3 is 2.26 bits per heavy atom. The van der Waals surface area contributed by atoms with Gasteiger partial charge >= 0.3 is 11.3 Å². The zero-order valence-electron chi connectivity index (χ0n) is 16.0. The molecule has 0 radical (unpaired) electrons. The van der Waals surface area contributed by atoms with Crippen LogP contribution in [-0.2, 0) is 4.74 Å². The third-order valence-electron chi connectivity index (χ3n) is 5.04. The zero-order chi connectivity index (χ0) is 22.3. The molecule has 0 aliphatic carbocycles. The van der Waals surface area contributed by atoms with Gasteiger partial charge in [0, 0.05) is 12.1 Å². The summed E-state index contributed by atoms with van der Waals surface area (Å²) in [6.45, 7) is -0.627. The molecule has 10 nitrogen and oxygen atoms in total. The van der Waals surface area contributed by atoms with Gasteiger partial charge in [0.1, 0.15) is 47.1 Å². The van der Waals surface area contributed by atoms with Gasteiger partial charge in [0.05, 0.1) is 18.2 Å². The fourth-order valence-corrected chi connectivity index (χ4v) is 3.39. The molecule has 0 bridgehead atoms. The topological polar surface area (TPSA) is 171 Å². The Morgan fingerprint density at radius 2 is 1.58 bits per heavy atom. The molecule has 1 aliphatic heterocycles. The average Bonchev–Trinajstić information content (AvgIpc) is 2.75. The molecule has 2 heterocycles. The Balaban J connectivity index is 1.73. The average molecular weight is 433 g/mol. The van der Waals surface area contributed by atoms with Crippen LogP contribution >= 0.6 is 0 Å². The summed E-state index contributed by atoms with van der Waals surface area (Å²) in [4.78, 5) is 0. The molecule has 1 aliphatic rings. The van der Waals surface area contributed by atoms with Gasteiger partial charge < -0.3 is 45.2 Å². The number of hydrogen-bond donors (Lipinski definition) is 7. The standard InChI is InChI=1S/C21H20O10/c22-8-16-17(26)18(27)19(28)21(31-16)30-15-6-11(24)5-14-12(15)7-13(25)20(29-14)9-1-3-10(23)4-2-9/h1-7,16-19,21-22,26-28H,8H2,(H2-,23,24,25)/p+1. The minimum absolute atomic E-state index is 0.0388. The van der Waals surface area contributed by atoms with Crippen LogP contribution in [0.4, 0.5) is 0 Å². The van der Waals surface area contributed by atoms with Gasteiger partial charge in [-0.3, -0.25) is 0 Å². The van der Waals surface area contributed by atoms with E-state index in [0.717, 1.165) is 0 Å². The third kappa shape index (κ3) is 3.94. The molecule has 1 saturated heterocycles. The number of phenolic OH excluding ortho intramolecular Hbond substituents is 2. The molecule has 7 N–H and O–H groups in total. The molecule has 1 fully saturated rings. The lowest BCUT2D eigenvalue weighted by Crippen LogP contribution is -2.60. The predicted octanol–water partition coefficient (Wildman–Crippen LogP) is 0.676. The fourth-order valence-electron chi connectivity index (χ4n) is 3.39. The summed E-state index contributed by atoms with van der Waals surface area (Å²) in [5, 5.41) is 69.6. The Morgan fingerprint density at radius 1 is 0.871 bits per heavy atom. The lowest BCUT2D eigenvalue weighted by Gasteiger charge is -2.39. The van der Waals surface area contributed by atoms with Crippen molar-refractivity contribution >= 4 is 11.0 Å². The normalized spacial score (nSPS) is 26.1. The van der Waals surface area contributed by atoms with Gasteiger partial charge in [-0.25, -0.2) is 4.42 Å². The monoisotopic (exact) mass is 433 g/mol. The molecule has 0 saturated carbocycles. The first-order chi connectivity index (χ1) is 14.8. The van der Waals surface area contributed by atoms with Crippen molar-refractivity contribution in [2.75, 3.05) is 6.61 Å². The molecule has 0 spiro atoms. The van der Waals surface area contributed by atoms with Crippen LogP contribution < -0.4 is 4.74 Å². The van der Waals surface area contributed by atoms with Crippen LogP contribution in [0.3, 0.4) is 0 Å². The van der Waals surface area contributed by atoms with E-state index in [1.165, 1.54) is 42.5 Å². The molecular formula is C21H21O10+. The van der Waals surface area contributed by atoms with Gasteiger partial charge in [-0.15, -0.1) is 0 Å². The zero-order valence-corrected chi connectivity index (χ0v) is 16.0. The molecular weight excluding hydrogens is 412 g/mol. The minimum atomic E-state index is -1.66. The number of phenols is 2. The van der Waals surface area contributed by atoms with Crippen LogP contribution in [0.5, 0.6) is 23.0 Å². The Labute approximate surface area is 175 Å². The van der Waals surface area contributed by atoms with Gasteiger partial charge in [0.25, 0.3) is 0 Å². The lowest BCUT2D eigenvalue weighted by atomic mass is 9.99. The van der Waals surface area contributed by atoms with Crippen LogP contribution in [0.2, 0.25) is 0 Å². The highest BCUT2D eigenvalue weighted by Gasteiger charge is 2.45. The number of hydrogen-bond acceptors (Lipinski definition) is 9. The Kier molecular flexibility index (Phi) is 5.56. The number of aliphatic hydroxyl groups is 4. The molecule has 3 aromatic rings. The highest BCUT2D eigenvalue weighted by Crippen LogP contribution is 2.40. The summed E-state index contributed by atoms with van der Waals surface area (Å²) in [6, 6.07) is 9.72. The van der Waals surface area contributed by atoms with Crippen molar-refractivity contribution < 1.29 is 49.6 Å². The molecule has 164 valence electrons. The van der Waals surface area contributed by atoms with E-state index >= 15 is 0 Å². The summed E-state index contributed by atoms with van der Waals surface area (Å²) in [6.07, 6.45) is -7.51. The van der Waals surface area contributed by atoms with Gasteiger partial charge in [0.15, 0.2) is 0 Å². The SMILES string of the molecule is OCC1OC(Oc2cc(O)cc3[o+]c(-c4ccc(O)cc4)c(O)cc23)C(O)C(O)C1O. The quantitative estimate of drug-likeness (QED) is 0.290. The number of ether oxygens (including phenoxy) is 2. The first-order valence-electron chi connectivity index (χ1n) is 9.38. The molecule has 31 heavy (non-hydrogen) atoms. The lowest BCUT2D eigenvalue weighted by molar-refractivity contribution is -0.277. The van der Waals surface area contributed by atoms with Crippen LogP contribution in [0, 0.1) is 0 Å². The number of rotatable bonds is 4. The van der Waals surface area contributed by atoms with Crippen molar-refractivity contribution in [2.24, 2.45) is 0 Å². The van der Waals surface area contributed by atoms with E-state index in [1.807, 2.05) is 0 Å². The van der Waals surface area contributed by atoms with Crippen LogP contribution in [0.1, 0.15) is 0 Å². The number of aromatic hydroxyl groups is 3. The maximum absolute atomic E-state index is 10.5. The molecule has 4 rings (SSSR count). The first-order valence-corrected chi connectivity index (χ1v) is 9.38. The van der Waals surface area contributed by atoms with E-state index in [4.69, 9.17) is 13.9 Å². The molecule has 1 aromatic heterocycles. The van der Waals surface area contributed by atoms with Gasteiger partial charge in [-0.05, 0) is 24.3 Å². The van der Waals surface area contributed by atoms with Crippen molar-refractivity contribution in [3.63, 3.8) is 0 Å². The maximum atomic E-state index is 10.5. The second-order valence-corrected chi connectivity index (χ2v) is 7.18. The highest BCUT2D eigenvalue weighted by molar-refractivity contribution is 5.88. The summed E-state index contributed by atoms with van der Waals surface area (Å²) >= 11 is 0. The summed E-state index contributed by atoms with van der Waals surface area (Å²) in [7, 11) is 0. The van der Waals surface area contributed by atoms with Crippen molar-refractivity contribution in [1.82, 2.24) is 0 Å². The maximum Gasteiger partial charge on any atom is 0.401 e. The van der Waals surface area contributed by atoms with E-state index in [9.17, 15) is 35.7 Å². The van der Waals surface area contributed by atoms with Crippen LogP contribution in [-0.4, -0.2) is 73.1 Å². The molecule has 5 unspecified atom stereocenters. The van der Waals surface area contributed by atoms with Crippen molar-refractivity contribution in [1.29, 1.82) is 0 Å². The number of fused-ring (bicyclic) bond motifs is 1. The Hall–Kier alpha value is -3.15. The minimum Gasteiger partial charge on any atom is -0.508 e. The molecule has 0 amide bonds. The van der Waals surface area contributed by atoms with E-state index in [2.05, 4.69) is 0 Å². The molecule has 5 atom stereocenters. The molecule has 10 heteroatoms. The Bertz CT molecular complexity index is 1080. The van der Waals surface area contributed by atoms with Gasteiger partial charge in [0.2, 0.25) is 12.0 Å². The van der Waals surface area contributed by atoms with E-state index in [1.54, 1.807) is 0 Å². The predicted molar refractivity (Wildman–Crippen MR) is 105 cm³/mol. The summed E-state index contributed by atoms with van der Waals surface area (Å²) < 4.78 is 16.7. The highest BCUT2D eigenvalue weighted by atomic mass is 16.7. The fraction of sp³-hybridized carbons (Fsp3) is 0.286. The second kappa shape index (κ2) is 8.17. The molecule has 2 aromatic carbocycles. The second-order valence-electron chi connectivity index (χ2n) is 7.18. The van der Waals surface area contributed by atoms with Crippen LogP contribution in [0.15, 0.2) is 46.9 Å². The van der Waals surface area contributed by atoms with Crippen molar-refractivity contribution in [3.05, 3.63) is 42.5 Å². The third-order valence-corrected chi connectivity index (χ3v) is 5.04. The number of benzene rings is 2. The largest absolute Gasteiger partial charge is 0.508 e. The smallest absolute Gasteiger partial charge is 0.401 e.